The first-order valence-electron chi connectivity index (χ1n) is 6.45. The van der Waals surface area contributed by atoms with E-state index in [9.17, 15) is 15.0 Å². The molecule has 19 heavy (non-hydrogen) atoms. The zero-order valence-corrected chi connectivity index (χ0v) is 10.7. The van der Waals surface area contributed by atoms with Crippen molar-refractivity contribution in [3.63, 3.8) is 0 Å². The lowest BCUT2D eigenvalue weighted by Gasteiger charge is -2.26. The Morgan fingerprint density at radius 3 is 2.47 bits per heavy atom. The van der Waals surface area contributed by atoms with Crippen molar-refractivity contribution >= 4 is 6.09 Å². The van der Waals surface area contributed by atoms with E-state index in [4.69, 9.17) is 4.84 Å². The molecule has 2 heterocycles. The van der Waals surface area contributed by atoms with Crippen molar-refractivity contribution in [3.8, 4) is 11.8 Å². The second-order valence-electron chi connectivity index (χ2n) is 4.55. The summed E-state index contributed by atoms with van der Waals surface area (Å²) in [7, 11) is 0. The highest BCUT2D eigenvalue weighted by Gasteiger charge is 2.13. The van der Waals surface area contributed by atoms with Gasteiger partial charge in [0.05, 0.1) is 0 Å². The fourth-order valence-electron chi connectivity index (χ4n) is 2.11. The maximum atomic E-state index is 11.5. The standard InChI is InChI=1S/C12H19N3O4/c16-10-4-5-11(17)15(10)19-12(18)13-6-9-14-7-2-1-3-8-14/h4-5,16-17H,1-3,6-9H2,(H,13,18). The Morgan fingerprint density at radius 2 is 1.84 bits per heavy atom. The lowest BCUT2D eigenvalue weighted by Crippen LogP contribution is -2.39. The van der Waals surface area contributed by atoms with Crippen LogP contribution in [0, 0.1) is 0 Å². The van der Waals surface area contributed by atoms with Gasteiger partial charge in [-0.2, -0.15) is 0 Å². The number of nitrogens with zero attached hydrogens (tertiary/aromatic N) is 2. The molecule has 0 atom stereocenters. The third-order valence-corrected chi connectivity index (χ3v) is 3.12. The van der Waals surface area contributed by atoms with Crippen LogP contribution in [0.5, 0.6) is 11.8 Å². The summed E-state index contributed by atoms with van der Waals surface area (Å²) in [5, 5.41) is 21.2. The Hall–Kier alpha value is -1.89. The van der Waals surface area contributed by atoms with Crippen LogP contribution in [0.15, 0.2) is 12.1 Å². The number of nitrogens with one attached hydrogen (secondary N) is 1. The van der Waals surface area contributed by atoms with E-state index < -0.39 is 6.09 Å². The molecule has 0 bridgehead atoms. The third-order valence-electron chi connectivity index (χ3n) is 3.12. The number of piperidine rings is 1. The monoisotopic (exact) mass is 269 g/mol. The number of aromatic nitrogens is 1. The van der Waals surface area contributed by atoms with Crippen LogP contribution in [-0.4, -0.2) is 52.1 Å². The summed E-state index contributed by atoms with van der Waals surface area (Å²) >= 11 is 0. The molecule has 0 aliphatic carbocycles. The number of hydrogen-bond donors (Lipinski definition) is 3. The predicted octanol–water partition coefficient (Wildman–Crippen LogP) is 0.523. The Labute approximate surface area is 111 Å². The molecule has 1 aliphatic rings. The zero-order valence-electron chi connectivity index (χ0n) is 10.7. The lowest BCUT2D eigenvalue weighted by atomic mass is 10.1. The summed E-state index contributed by atoms with van der Waals surface area (Å²) in [5.41, 5.74) is 0. The fourth-order valence-corrected chi connectivity index (χ4v) is 2.11. The van der Waals surface area contributed by atoms with Crippen LogP contribution in [0.1, 0.15) is 19.3 Å². The van der Waals surface area contributed by atoms with Gasteiger partial charge in [0.15, 0.2) is 0 Å². The molecule has 106 valence electrons. The summed E-state index contributed by atoms with van der Waals surface area (Å²) in [4.78, 5) is 18.5. The van der Waals surface area contributed by atoms with Gasteiger partial charge in [-0.15, -0.1) is 4.73 Å². The second-order valence-corrected chi connectivity index (χ2v) is 4.55. The molecule has 1 aromatic rings. The molecule has 0 saturated carbocycles. The Balaban J connectivity index is 1.70. The first-order valence-corrected chi connectivity index (χ1v) is 6.45. The van der Waals surface area contributed by atoms with Gasteiger partial charge in [0.2, 0.25) is 11.8 Å². The normalized spacial score (nSPS) is 16.2. The van der Waals surface area contributed by atoms with E-state index in [2.05, 4.69) is 10.2 Å². The molecular formula is C12H19N3O4. The van der Waals surface area contributed by atoms with Crippen LogP contribution in [0.2, 0.25) is 0 Å². The molecule has 1 aromatic heterocycles. The van der Waals surface area contributed by atoms with Gasteiger partial charge in [0.25, 0.3) is 0 Å². The Kier molecular flexibility index (Phi) is 4.51. The number of amides is 1. The molecule has 3 N–H and O–H groups in total. The molecule has 0 radical (unpaired) electrons. The molecule has 7 nitrogen and oxygen atoms in total. The highest BCUT2D eigenvalue weighted by Crippen LogP contribution is 2.18. The van der Waals surface area contributed by atoms with E-state index in [1.54, 1.807) is 0 Å². The van der Waals surface area contributed by atoms with Crippen molar-refractivity contribution in [2.45, 2.75) is 19.3 Å². The van der Waals surface area contributed by atoms with Crippen LogP contribution in [0.4, 0.5) is 4.79 Å². The first kappa shape index (κ1) is 13.5. The van der Waals surface area contributed by atoms with Crippen molar-refractivity contribution in [3.05, 3.63) is 12.1 Å². The van der Waals surface area contributed by atoms with E-state index in [-0.39, 0.29) is 11.8 Å². The minimum absolute atomic E-state index is 0.330. The second kappa shape index (κ2) is 6.33. The number of hydrogen-bond acceptors (Lipinski definition) is 5. The topological polar surface area (TPSA) is 87.0 Å². The predicted molar refractivity (Wildman–Crippen MR) is 68.0 cm³/mol. The molecule has 0 unspecified atom stereocenters. The summed E-state index contributed by atoms with van der Waals surface area (Å²) < 4.78 is 0.663. The summed E-state index contributed by atoms with van der Waals surface area (Å²) in [5.74, 6) is -0.660. The summed E-state index contributed by atoms with van der Waals surface area (Å²) in [6.45, 7) is 3.38. The quantitative estimate of drug-likeness (QED) is 0.742. The number of aromatic hydroxyl groups is 2. The minimum Gasteiger partial charge on any atom is -0.492 e. The van der Waals surface area contributed by atoms with Crippen molar-refractivity contribution in [1.29, 1.82) is 0 Å². The highest BCUT2D eigenvalue weighted by atomic mass is 16.7. The molecule has 2 rings (SSSR count). The Morgan fingerprint density at radius 1 is 1.21 bits per heavy atom. The van der Waals surface area contributed by atoms with E-state index in [1.165, 1.54) is 31.4 Å². The lowest BCUT2D eigenvalue weighted by molar-refractivity contribution is 0.107. The van der Waals surface area contributed by atoms with Gasteiger partial charge >= 0.3 is 6.09 Å². The van der Waals surface area contributed by atoms with E-state index in [0.717, 1.165) is 19.6 Å². The van der Waals surface area contributed by atoms with Crippen LogP contribution in [0.3, 0.4) is 0 Å². The highest BCUT2D eigenvalue weighted by molar-refractivity contribution is 5.67. The molecule has 1 aliphatic heterocycles. The fraction of sp³-hybridized carbons (Fsp3) is 0.583. The van der Waals surface area contributed by atoms with Crippen molar-refractivity contribution in [2.75, 3.05) is 26.2 Å². The van der Waals surface area contributed by atoms with Gasteiger partial charge in [-0.3, -0.25) is 0 Å². The minimum atomic E-state index is -0.709. The van der Waals surface area contributed by atoms with Gasteiger partial charge in [0, 0.05) is 25.2 Å². The number of carbonyl (C=O) groups excluding carboxylic acids is 1. The maximum absolute atomic E-state index is 11.5. The van der Waals surface area contributed by atoms with Gasteiger partial charge < -0.3 is 25.3 Å². The molecular weight excluding hydrogens is 250 g/mol. The molecule has 7 heteroatoms. The number of carbonyl (C=O) groups is 1. The van der Waals surface area contributed by atoms with E-state index in [0.29, 0.717) is 11.3 Å². The largest absolute Gasteiger partial charge is 0.492 e. The van der Waals surface area contributed by atoms with Crippen molar-refractivity contribution < 1.29 is 19.8 Å². The van der Waals surface area contributed by atoms with Crippen LogP contribution >= 0.6 is 0 Å². The Bertz CT molecular complexity index is 407. The van der Waals surface area contributed by atoms with Gasteiger partial charge in [-0.05, 0) is 25.9 Å². The van der Waals surface area contributed by atoms with Crippen LogP contribution < -0.4 is 10.2 Å². The average Bonchev–Trinajstić information content (AvgIpc) is 2.72. The first-order chi connectivity index (χ1) is 9.16. The van der Waals surface area contributed by atoms with E-state index in [1.807, 2.05) is 0 Å². The maximum Gasteiger partial charge on any atom is 0.432 e. The zero-order chi connectivity index (χ0) is 13.7. The van der Waals surface area contributed by atoms with Crippen LogP contribution in [-0.2, 0) is 0 Å². The molecule has 0 spiro atoms. The SMILES string of the molecule is O=C(NCCN1CCCCC1)On1c(O)ccc1O. The van der Waals surface area contributed by atoms with Crippen LogP contribution in [0.25, 0.3) is 0 Å². The molecule has 1 amide bonds. The molecule has 0 aromatic carbocycles. The third kappa shape index (κ3) is 3.78. The number of rotatable bonds is 4. The summed E-state index contributed by atoms with van der Waals surface area (Å²) in [6.07, 6.45) is 2.97. The van der Waals surface area contributed by atoms with Gasteiger partial charge in [-0.25, -0.2) is 4.79 Å². The van der Waals surface area contributed by atoms with Gasteiger partial charge in [-0.1, -0.05) is 6.42 Å². The smallest absolute Gasteiger partial charge is 0.432 e. The molecule has 1 fully saturated rings. The number of likely N-dealkylation sites (tertiary alicyclic amines) is 1. The van der Waals surface area contributed by atoms with Gasteiger partial charge in [0.1, 0.15) is 0 Å². The average molecular weight is 269 g/mol. The van der Waals surface area contributed by atoms with Crippen molar-refractivity contribution in [1.82, 2.24) is 14.9 Å². The summed E-state index contributed by atoms with van der Waals surface area (Å²) in [6, 6.07) is 2.46. The molecule has 1 saturated heterocycles. The van der Waals surface area contributed by atoms with E-state index >= 15 is 0 Å². The van der Waals surface area contributed by atoms with Crippen molar-refractivity contribution in [2.24, 2.45) is 0 Å².